The minimum atomic E-state index is -0.191. The monoisotopic (exact) mass is 283 g/mol. The highest BCUT2D eigenvalue weighted by atomic mass is 16.2. The van der Waals surface area contributed by atoms with Crippen LogP contribution in [0.5, 0.6) is 0 Å². The van der Waals surface area contributed by atoms with Crippen LogP contribution in [0.25, 0.3) is 0 Å². The Morgan fingerprint density at radius 2 is 1.81 bits per heavy atom. The molecule has 4 heteroatoms. The summed E-state index contributed by atoms with van der Waals surface area (Å²) in [5, 5.41) is 5.66. The number of anilines is 1. The first-order valence-electron chi connectivity index (χ1n) is 7.07. The lowest BCUT2D eigenvalue weighted by molar-refractivity contribution is 0.252. The van der Waals surface area contributed by atoms with Crippen molar-refractivity contribution in [3.05, 3.63) is 65.2 Å². The molecule has 0 atom stereocenters. The number of hydrogen-bond acceptors (Lipinski definition) is 2. The maximum absolute atomic E-state index is 11.8. The number of aryl methyl sites for hydroxylation is 1. The molecular formula is C17H21N3O. The molecule has 0 aliphatic heterocycles. The average Bonchev–Trinajstić information content (AvgIpc) is 2.50. The molecule has 110 valence electrons. The van der Waals surface area contributed by atoms with Gasteiger partial charge in [0, 0.05) is 18.8 Å². The molecule has 0 spiro atoms. The number of nitrogens with one attached hydrogen (secondary N) is 2. The third-order valence-electron chi connectivity index (χ3n) is 3.39. The molecule has 0 radical (unpaired) electrons. The van der Waals surface area contributed by atoms with E-state index in [-0.39, 0.29) is 6.03 Å². The van der Waals surface area contributed by atoms with Crippen LogP contribution in [0.1, 0.15) is 16.7 Å². The maximum Gasteiger partial charge on any atom is 0.319 e. The molecule has 2 rings (SSSR count). The van der Waals surface area contributed by atoms with Gasteiger partial charge < -0.3 is 16.4 Å². The zero-order valence-corrected chi connectivity index (χ0v) is 12.2. The fraction of sp³-hybridized carbons (Fsp3) is 0.235. The Morgan fingerprint density at radius 3 is 2.48 bits per heavy atom. The van der Waals surface area contributed by atoms with Gasteiger partial charge in [-0.05, 0) is 42.2 Å². The van der Waals surface area contributed by atoms with E-state index in [4.69, 9.17) is 5.73 Å². The van der Waals surface area contributed by atoms with Crippen molar-refractivity contribution >= 4 is 11.7 Å². The summed E-state index contributed by atoms with van der Waals surface area (Å²) < 4.78 is 0. The average molecular weight is 283 g/mol. The summed E-state index contributed by atoms with van der Waals surface area (Å²) in [5.74, 6) is 0. The van der Waals surface area contributed by atoms with Gasteiger partial charge >= 0.3 is 6.03 Å². The number of carbonyl (C=O) groups is 1. The van der Waals surface area contributed by atoms with Crippen molar-refractivity contribution in [1.29, 1.82) is 0 Å². The fourth-order valence-corrected chi connectivity index (χ4v) is 2.10. The fourth-order valence-electron chi connectivity index (χ4n) is 2.10. The summed E-state index contributed by atoms with van der Waals surface area (Å²) in [6.45, 7) is 3.19. The van der Waals surface area contributed by atoms with Crippen LogP contribution in [-0.4, -0.2) is 12.6 Å². The molecule has 0 unspecified atom stereocenters. The van der Waals surface area contributed by atoms with Crippen LogP contribution in [0.2, 0.25) is 0 Å². The lowest BCUT2D eigenvalue weighted by Gasteiger charge is -2.09. The second kappa shape index (κ2) is 7.45. The van der Waals surface area contributed by atoms with Crippen molar-refractivity contribution in [3.8, 4) is 0 Å². The summed E-state index contributed by atoms with van der Waals surface area (Å²) in [6.07, 6.45) is 0.826. The van der Waals surface area contributed by atoms with E-state index in [9.17, 15) is 4.79 Å². The zero-order chi connectivity index (χ0) is 15.1. The molecule has 0 bridgehead atoms. The Kier molecular flexibility index (Phi) is 5.35. The van der Waals surface area contributed by atoms with Crippen LogP contribution in [0, 0.1) is 6.92 Å². The van der Waals surface area contributed by atoms with Gasteiger partial charge in [0.05, 0.1) is 0 Å². The first-order chi connectivity index (χ1) is 10.2. The minimum absolute atomic E-state index is 0.191. The molecule has 0 aromatic heterocycles. The van der Waals surface area contributed by atoms with E-state index < -0.39 is 0 Å². The first-order valence-corrected chi connectivity index (χ1v) is 7.07. The number of nitrogens with two attached hydrogens (primary N) is 1. The predicted octanol–water partition coefficient (Wildman–Crippen LogP) is 2.82. The van der Waals surface area contributed by atoms with Gasteiger partial charge in [0.1, 0.15) is 0 Å². The molecule has 0 saturated heterocycles. The molecule has 0 aliphatic rings. The zero-order valence-electron chi connectivity index (χ0n) is 12.2. The normalized spacial score (nSPS) is 10.2. The first kappa shape index (κ1) is 15.1. The van der Waals surface area contributed by atoms with Crippen LogP contribution >= 0.6 is 0 Å². The highest BCUT2D eigenvalue weighted by Crippen LogP contribution is 2.09. The summed E-state index contributed by atoms with van der Waals surface area (Å²) >= 11 is 0. The van der Waals surface area contributed by atoms with E-state index in [0.717, 1.165) is 17.7 Å². The number of benzene rings is 2. The summed E-state index contributed by atoms with van der Waals surface area (Å²) in [7, 11) is 0. The van der Waals surface area contributed by atoms with Crippen molar-refractivity contribution in [2.24, 2.45) is 5.73 Å². The number of amides is 2. The van der Waals surface area contributed by atoms with Crippen molar-refractivity contribution in [2.45, 2.75) is 19.9 Å². The Balaban J connectivity index is 1.78. The van der Waals surface area contributed by atoms with Gasteiger partial charge in [-0.25, -0.2) is 4.79 Å². The van der Waals surface area contributed by atoms with Gasteiger partial charge in [-0.3, -0.25) is 0 Å². The van der Waals surface area contributed by atoms with Crippen molar-refractivity contribution in [3.63, 3.8) is 0 Å². The number of carbonyl (C=O) groups excluding carboxylic acids is 1. The van der Waals surface area contributed by atoms with E-state index in [2.05, 4.69) is 29.7 Å². The van der Waals surface area contributed by atoms with E-state index in [0.29, 0.717) is 13.1 Å². The highest BCUT2D eigenvalue weighted by molar-refractivity contribution is 5.89. The molecule has 21 heavy (non-hydrogen) atoms. The largest absolute Gasteiger partial charge is 0.338 e. The van der Waals surface area contributed by atoms with Gasteiger partial charge in [0.25, 0.3) is 0 Å². The molecule has 4 nitrogen and oxygen atoms in total. The van der Waals surface area contributed by atoms with Gasteiger partial charge in [0.2, 0.25) is 0 Å². The second-order valence-corrected chi connectivity index (χ2v) is 4.96. The molecule has 2 amide bonds. The van der Waals surface area contributed by atoms with Crippen LogP contribution in [0.15, 0.2) is 48.5 Å². The van der Waals surface area contributed by atoms with E-state index >= 15 is 0 Å². The lowest BCUT2D eigenvalue weighted by Crippen LogP contribution is -2.30. The summed E-state index contributed by atoms with van der Waals surface area (Å²) in [4.78, 5) is 11.8. The molecule has 0 saturated carbocycles. The quantitative estimate of drug-likeness (QED) is 0.790. The SMILES string of the molecule is Cc1ccccc1CCNC(=O)Nc1ccc(CN)cc1. The molecule has 4 N–H and O–H groups in total. The maximum atomic E-state index is 11.8. The highest BCUT2D eigenvalue weighted by Gasteiger charge is 2.02. The van der Waals surface area contributed by atoms with Gasteiger partial charge in [-0.1, -0.05) is 36.4 Å². The van der Waals surface area contributed by atoms with E-state index in [1.807, 2.05) is 36.4 Å². The van der Waals surface area contributed by atoms with E-state index in [1.54, 1.807) is 0 Å². The van der Waals surface area contributed by atoms with Crippen LogP contribution in [-0.2, 0) is 13.0 Å². The molecule has 0 heterocycles. The van der Waals surface area contributed by atoms with Gasteiger partial charge in [-0.2, -0.15) is 0 Å². The summed E-state index contributed by atoms with van der Waals surface area (Å²) in [6, 6.07) is 15.5. The van der Waals surface area contributed by atoms with Crippen LogP contribution < -0.4 is 16.4 Å². The Hall–Kier alpha value is -2.33. The van der Waals surface area contributed by atoms with E-state index in [1.165, 1.54) is 11.1 Å². The Morgan fingerprint density at radius 1 is 1.10 bits per heavy atom. The number of rotatable bonds is 5. The number of hydrogen-bond donors (Lipinski definition) is 3. The molecule has 2 aromatic carbocycles. The van der Waals surface area contributed by atoms with Crippen LogP contribution in [0.3, 0.4) is 0 Å². The lowest BCUT2D eigenvalue weighted by atomic mass is 10.1. The molecule has 0 aliphatic carbocycles. The number of urea groups is 1. The van der Waals surface area contributed by atoms with Crippen molar-refractivity contribution in [1.82, 2.24) is 5.32 Å². The topological polar surface area (TPSA) is 67.2 Å². The van der Waals surface area contributed by atoms with Crippen LogP contribution in [0.4, 0.5) is 10.5 Å². The van der Waals surface area contributed by atoms with Crippen molar-refractivity contribution < 1.29 is 4.79 Å². The molecule has 0 fully saturated rings. The second-order valence-electron chi connectivity index (χ2n) is 4.96. The Labute approximate surface area is 125 Å². The third-order valence-corrected chi connectivity index (χ3v) is 3.39. The van der Waals surface area contributed by atoms with Gasteiger partial charge in [0.15, 0.2) is 0 Å². The van der Waals surface area contributed by atoms with Crippen molar-refractivity contribution in [2.75, 3.05) is 11.9 Å². The minimum Gasteiger partial charge on any atom is -0.338 e. The van der Waals surface area contributed by atoms with Gasteiger partial charge in [-0.15, -0.1) is 0 Å². The smallest absolute Gasteiger partial charge is 0.319 e. The summed E-state index contributed by atoms with van der Waals surface area (Å²) in [5.41, 5.74) is 9.84. The molecule has 2 aromatic rings. The Bertz CT molecular complexity index is 593. The third kappa shape index (κ3) is 4.61. The standard InChI is InChI=1S/C17H21N3O/c1-13-4-2-3-5-15(13)10-11-19-17(21)20-16-8-6-14(12-18)7-9-16/h2-9H,10-12,18H2,1H3,(H2,19,20,21). The molecular weight excluding hydrogens is 262 g/mol. The predicted molar refractivity (Wildman–Crippen MR) is 86.2 cm³/mol.